The lowest BCUT2D eigenvalue weighted by molar-refractivity contribution is 0.102. The smallest absolute Gasteiger partial charge is 0.276 e. The van der Waals surface area contributed by atoms with Gasteiger partial charge in [-0.05, 0) is 26.0 Å². The molecule has 6 nitrogen and oxygen atoms in total. The van der Waals surface area contributed by atoms with Crippen molar-refractivity contribution in [2.45, 2.75) is 13.8 Å². The van der Waals surface area contributed by atoms with Gasteiger partial charge in [0.2, 0.25) is 11.9 Å². The minimum absolute atomic E-state index is 0.0446. The standard InChI is InChI=1S/C11H10FN5O/c1-6-7(2)16-17-11(13-6)15-10(18)8-4-3-5-9(12)14-8/h3-5H,1-2H3,(H,13,15,17,18). The molecule has 2 aromatic rings. The number of rotatable bonds is 2. The molecule has 0 spiro atoms. The number of nitrogens with one attached hydrogen (secondary N) is 1. The van der Waals surface area contributed by atoms with Crippen LogP contribution in [-0.2, 0) is 0 Å². The van der Waals surface area contributed by atoms with Crippen LogP contribution in [0.2, 0.25) is 0 Å². The van der Waals surface area contributed by atoms with Crippen molar-refractivity contribution in [3.8, 4) is 0 Å². The maximum atomic E-state index is 12.8. The molecule has 92 valence electrons. The number of amides is 1. The van der Waals surface area contributed by atoms with Crippen molar-refractivity contribution in [1.82, 2.24) is 20.2 Å². The van der Waals surface area contributed by atoms with E-state index in [2.05, 4.69) is 25.5 Å². The van der Waals surface area contributed by atoms with Crippen molar-refractivity contribution in [3.05, 3.63) is 41.2 Å². The zero-order valence-electron chi connectivity index (χ0n) is 9.81. The Balaban J connectivity index is 2.18. The highest BCUT2D eigenvalue weighted by atomic mass is 19.1. The summed E-state index contributed by atoms with van der Waals surface area (Å²) in [6.45, 7) is 3.51. The highest BCUT2D eigenvalue weighted by Crippen LogP contribution is 2.04. The molecular weight excluding hydrogens is 237 g/mol. The van der Waals surface area contributed by atoms with Gasteiger partial charge in [0.15, 0.2) is 0 Å². The fourth-order valence-corrected chi connectivity index (χ4v) is 1.21. The molecule has 0 radical (unpaired) electrons. The third-order valence-electron chi connectivity index (χ3n) is 2.27. The molecule has 0 bridgehead atoms. The molecule has 18 heavy (non-hydrogen) atoms. The maximum Gasteiger partial charge on any atom is 0.276 e. The molecular formula is C11H10FN5O. The molecule has 2 rings (SSSR count). The minimum Gasteiger partial charge on any atom is -0.288 e. The molecule has 0 aliphatic carbocycles. The van der Waals surface area contributed by atoms with E-state index in [-0.39, 0.29) is 11.6 Å². The van der Waals surface area contributed by atoms with Gasteiger partial charge in [-0.15, -0.1) is 5.10 Å². The van der Waals surface area contributed by atoms with E-state index in [0.717, 1.165) is 6.07 Å². The van der Waals surface area contributed by atoms with Crippen LogP contribution in [0, 0.1) is 19.8 Å². The second kappa shape index (κ2) is 4.82. The molecule has 0 aromatic carbocycles. The topological polar surface area (TPSA) is 80.7 Å². The van der Waals surface area contributed by atoms with E-state index in [1.54, 1.807) is 13.8 Å². The van der Waals surface area contributed by atoms with Crippen LogP contribution in [-0.4, -0.2) is 26.1 Å². The molecule has 1 amide bonds. The summed E-state index contributed by atoms with van der Waals surface area (Å²) in [6, 6.07) is 3.95. The zero-order valence-corrected chi connectivity index (χ0v) is 9.81. The van der Waals surface area contributed by atoms with Crippen molar-refractivity contribution in [2.24, 2.45) is 0 Å². The molecule has 2 heterocycles. The Kier molecular flexibility index (Phi) is 3.22. The van der Waals surface area contributed by atoms with Gasteiger partial charge >= 0.3 is 0 Å². The van der Waals surface area contributed by atoms with Crippen LogP contribution in [0.15, 0.2) is 18.2 Å². The highest BCUT2D eigenvalue weighted by molar-refractivity contribution is 6.01. The third-order valence-corrected chi connectivity index (χ3v) is 2.27. The average molecular weight is 247 g/mol. The number of pyridine rings is 1. The lowest BCUT2D eigenvalue weighted by Gasteiger charge is -2.04. The van der Waals surface area contributed by atoms with Crippen LogP contribution in [0.4, 0.5) is 10.3 Å². The van der Waals surface area contributed by atoms with E-state index < -0.39 is 11.9 Å². The number of aromatic nitrogens is 4. The summed E-state index contributed by atoms with van der Waals surface area (Å²) < 4.78 is 12.8. The average Bonchev–Trinajstić information content (AvgIpc) is 2.34. The molecule has 0 unspecified atom stereocenters. The van der Waals surface area contributed by atoms with Crippen molar-refractivity contribution < 1.29 is 9.18 Å². The van der Waals surface area contributed by atoms with Gasteiger partial charge in [-0.25, -0.2) is 9.97 Å². The summed E-state index contributed by atoms with van der Waals surface area (Å²) in [7, 11) is 0. The summed E-state index contributed by atoms with van der Waals surface area (Å²) in [5.74, 6) is -1.24. The van der Waals surface area contributed by atoms with Crippen LogP contribution in [0.1, 0.15) is 21.9 Å². The first kappa shape index (κ1) is 12.0. The number of anilines is 1. The van der Waals surface area contributed by atoms with Crippen molar-refractivity contribution in [2.75, 3.05) is 5.32 Å². The SMILES string of the molecule is Cc1nnc(NC(=O)c2cccc(F)n2)nc1C. The first-order chi connectivity index (χ1) is 8.56. The molecule has 0 saturated heterocycles. The van der Waals surface area contributed by atoms with Crippen molar-refractivity contribution in [1.29, 1.82) is 0 Å². The van der Waals surface area contributed by atoms with Crippen LogP contribution < -0.4 is 5.32 Å². The number of halogens is 1. The number of aryl methyl sites for hydroxylation is 2. The normalized spacial score (nSPS) is 10.2. The monoisotopic (exact) mass is 247 g/mol. The second-order valence-corrected chi connectivity index (χ2v) is 3.61. The lowest BCUT2D eigenvalue weighted by atomic mass is 10.3. The Hall–Kier alpha value is -2.44. The predicted molar refractivity (Wildman–Crippen MR) is 61.4 cm³/mol. The molecule has 0 aliphatic rings. The van der Waals surface area contributed by atoms with Gasteiger partial charge in [0.05, 0.1) is 11.4 Å². The Morgan fingerprint density at radius 1 is 1.17 bits per heavy atom. The van der Waals surface area contributed by atoms with E-state index in [4.69, 9.17) is 0 Å². The number of hydrogen-bond donors (Lipinski definition) is 1. The van der Waals surface area contributed by atoms with Gasteiger partial charge in [-0.3, -0.25) is 10.1 Å². The van der Waals surface area contributed by atoms with E-state index in [0.29, 0.717) is 11.4 Å². The van der Waals surface area contributed by atoms with Crippen molar-refractivity contribution >= 4 is 11.9 Å². The first-order valence-corrected chi connectivity index (χ1v) is 5.18. The number of carbonyl (C=O) groups is 1. The summed E-state index contributed by atoms with van der Waals surface area (Å²) in [4.78, 5) is 19.2. The quantitative estimate of drug-likeness (QED) is 0.808. The van der Waals surface area contributed by atoms with Crippen LogP contribution >= 0.6 is 0 Å². The molecule has 2 aromatic heterocycles. The van der Waals surface area contributed by atoms with Gasteiger partial charge < -0.3 is 0 Å². The summed E-state index contributed by atoms with van der Waals surface area (Å²) in [6.07, 6.45) is 0. The van der Waals surface area contributed by atoms with E-state index in [9.17, 15) is 9.18 Å². The van der Waals surface area contributed by atoms with Crippen LogP contribution in [0.25, 0.3) is 0 Å². The molecule has 0 fully saturated rings. The summed E-state index contributed by atoms with van der Waals surface area (Å²) in [5, 5.41) is 9.93. The van der Waals surface area contributed by atoms with Gasteiger partial charge in [0, 0.05) is 0 Å². The van der Waals surface area contributed by atoms with E-state index in [1.807, 2.05) is 0 Å². The predicted octanol–water partition coefficient (Wildman–Crippen LogP) is 1.27. The molecule has 0 aliphatic heterocycles. The summed E-state index contributed by atoms with van der Waals surface area (Å²) in [5.41, 5.74) is 1.29. The lowest BCUT2D eigenvalue weighted by Crippen LogP contribution is -2.17. The van der Waals surface area contributed by atoms with E-state index >= 15 is 0 Å². The fraction of sp³-hybridized carbons (Fsp3) is 0.182. The maximum absolute atomic E-state index is 12.8. The third kappa shape index (κ3) is 2.62. The first-order valence-electron chi connectivity index (χ1n) is 5.18. The Morgan fingerprint density at radius 3 is 2.61 bits per heavy atom. The van der Waals surface area contributed by atoms with Crippen molar-refractivity contribution in [3.63, 3.8) is 0 Å². The van der Waals surface area contributed by atoms with Crippen LogP contribution in [0.5, 0.6) is 0 Å². The highest BCUT2D eigenvalue weighted by Gasteiger charge is 2.11. The van der Waals surface area contributed by atoms with Gasteiger partial charge in [-0.1, -0.05) is 6.07 Å². The van der Waals surface area contributed by atoms with Gasteiger partial charge in [0.25, 0.3) is 5.91 Å². The molecule has 7 heteroatoms. The fourth-order valence-electron chi connectivity index (χ4n) is 1.21. The number of nitrogens with zero attached hydrogens (tertiary/aromatic N) is 4. The Morgan fingerprint density at radius 2 is 1.94 bits per heavy atom. The molecule has 1 N–H and O–H groups in total. The molecule has 0 atom stereocenters. The number of carbonyl (C=O) groups excluding carboxylic acids is 1. The zero-order chi connectivity index (χ0) is 13.1. The largest absolute Gasteiger partial charge is 0.288 e. The Bertz CT molecular complexity index is 602. The second-order valence-electron chi connectivity index (χ2n) is 3.61. The Labute approximate surface area is 102 Å². The van der Waals surface area contributed by atoms with Crippen LogP contribution in [0.3, 0.4) is 0 Å². The molecule has 0 saturated carbocycles. The minimum atomic E-state index is -0.721. The van der Waals surface area contributed by atoms with Gasteiger partial charge in [-0.2, -0.15) is 9.49 Å². The summed E-state index contributed by atoms with van der Waals surface area (Å²) >= 11 is 0. The van der Waals surface area contributed by atoms with E-state index in [1.165, 1.54) is 12.1 Å². The number of hydrogen-bond acceptors (Lipinski definition) is 5. The van der Waals surface area contributed by atoms with Gasteiger partial charge in [0.1, 0.15) is 5.69 Å².